The van der Waals surface area contributed by atoms with Gasteiger partial charge in [-0.15, -0.1) is 0 Å². The Morgan fingerprint density at radius 2 is 2.05 bits per heavy atom. The summed E-state index contributed by atoms with van der Waals surface area (Å²) in [5.41, 5.74) is 2.37. The number of nitrogens with one attached hydrogen (secondary N) is 1. The number of rotatable bonds is 6. The summed E-state index contributed by atoms with van der Waals surface area (Å²) in [6.45, 7) is 1.68. The highest BCUT2D eigenvalue weighted by molar-refractivity contribution is 9.10. The zero-order valence-electron chi connectivity index (χ0n) is 11.3. The van der Waals surface area contributed by atoms with Gasteiger partial charge in [-0.25, -0.2) is 0 Å². The van der Waals surface area contributed by atoms with Crippen LogP contribution in [0.15, 0.2) is 46.9 Å². The van der Waals surface area contributed by atoms with E-state index in [4.69, 9.17) is 16.3 Å². The summed E-state index contributed by atoms with van der Waals surface area (Å²) < 4.78 is 6.22. The Kier molecular flexibility index (Phi) is 5.89. The van der Waals surface area contributed by atoms with Crippen molar-refractivity contribution in [3.05, 3.63) is 63.1 Å². The van der Waals surface area contributed by atoms with Crippen LogP contribution in [0.25, 0.3) is 0 Å². The van der Waals surface area contributed by atoms with Crippen LogP contribution in [0.1, 0.15) is 11.1 Å². The highest BCUT2D eigenvalue weighted by Gasteiger charge is 2.01. The number of halogens is 2. The maximum absolute atomic E-state index is 6.18. The Bertz CT molecular complexity index is 574. The lowest BCUT2D eigenvalue weighted by Gasteiger charge is -2.08. The summed E-state index contributed by atoms with van der Waals surface area (Å²) in [5.74, 6) is 0.901. The fourth-order valence-electron chi connectivity index (χ4n) is 1.95. The van der Waals surface area contributed by atoms with Gasteiger partial charge in [-0.2, -0.15) is 0 Å². The second kappa shape index (κ2) is 7.67. The van der Waals surface area contributed by atoms with E-state index in [9.17, 15) is 0 Å². The molecule has 2 rings (SSSR count). The lowest BCUT2D eigenvalue weighted by molar-refractivity contribution is 0.414. The average Bonchev–Trinajstić information content (AvgIpc) is 2.45. The number of ether oxygens (including phenoxy) is 1. The Morgan fingerprint density at radius 3 is 2.80 bits per heavy atom. The molecule has 0 aliphatic heterocycles. The maximum atomic E-state index is 6.18. The summed E-state index contributed by atoms with van der Waals surface area (Å²) in [7, 11) is 1.69. The molecule has 0 aromatic heterocycles. The predicted octanol–water partition coefficient (Wildman–Crippen LogP) is 4.44. The first-order valence-corrected chi connectivity index (χ1v) is 7.63. The summed E-state index contributed by atoms with van der Waals surface area (Å²) in [4.78, 5) is 0. The van der Waals surface area contributed by atoms with Crippen LogP contribution in [0.2, 0.25) is 5.02 Å². The van der Waals surface area contributed by atoms with Crippen molar-refractivity contribution in [2.45, 2.75) is 13.0 Å². The van der Waals surface area contributed by atoms with Gasteiger partial charge in [0.1, 0.15) is 5.75 Å². The molecule has 0 atom stereocenters. The fraction of sp³-hybridized carbons (Fsp3) is 0.250. The summed E-state index contributed by atoms with van der Waals surface area (Å²) in [6, 6.07) is 14.1. The number of methoxy groups -OCH3 is 1. The van der Waals surface area contributed by atoms with E-state index in [1.807, 2.05) is 30.3 Å². The van der Waals surface area contributed by atoms with Crippen molar-refractivity contribution < 1.29 is 4.74 Å². The van der Waals surface area contributed by atoms with E-state index in [1.54, 1.807) is 7.11 Å². The van der Waals surface area contributed by atoms with Crippen molar-refractivity contribution in [1.82, 2.24) is 5.32 Å². The van der Waals surface area contributed by atoms with E-state index < -0.39 is 0 Å². The highest BCUT2D eigenvalue weighted by atomic mass is 79.9. The van der Waals surface area contributed by atoms with E-state index in [-0.39, 0.29) is 0 Å². The molecule has 4 heteroatoms. The smallest absolute Gasteiger partial charge is 0.119 e. The number of benzene rings is 2. The topological polar surface area (TPSA) is 21.3 Å². The van der Waals surface area contributed by atoms with Gasteiger partial charge in [0, 0.05) is 16.0 Å². The van der Waals surface area contributed by atoms with Gasteiger partial charge >= 0.3 is 0 Å². The van der Waals surface area contributed by atoms with Gasteiger partial charge in [0.2, 0.25) is 0 Å². The van der Waals surface area contributed by atoms with Crippen molar-refractivity contribution >= 4 is 27.5 Å². The maximum Gasteiger partial charge on any atom is 0.119 e. The van der Waals surface area contributed by atoms with Gasteiger partial charge in [0.25, 0.3) is 0 Å². The van der Waals surface area contributed by atoms with Crippen LogP contribution in [0.4, 0.5) is 0 Å². The highest BCUT2D eigenvalue weighted by Crippen LogP contribution is 2.21. The molecule has 0 aliphatic carbocycles. The van der Waals surface area contributed by atoms with Gasteiger partial charge in [-0.3, -0.25) is 0 Å². The monoisotopic (exact) mass is 353 g/mol. The van der Waals surface area contributed by atoms with Crippen LogP contribution in [0.5, 0.6) is 5.75 Å². The largest absolute Gasteiger partial charge is 0.497 e. The predicted molar refractivity (Wildman–Crippen MR) is 87.6 cm³/mol. The molecule has 0 saturated heterocycles. The van der Waals surface area contributed by atoms with Gasteiger partial charge in [-0.1, -0.05) is 45.7 Å². The van der Waals surface area contributed by atoms with Crippen LogP contribution in [0, 0.1) is 0 Å². The van der Waals surface area contributed by atoms with E-state index in [0.29, 0.717) is 0 Å². The molecule has 0 heterocycles. The van der Waals surface area contributed by atoms with Crippen LogP contribution >= 0.6 is 27.5 Å². The van der Waals surface area contributed by atoms with Crippen molar-refractivity contribution in [2.24, 2.45) is 0 Å². The molecule has 2 nitrogen and oxygen atoms in total. The van der Waals surface area contributed by atoms with E-state index >= 15 is 0 Å². The van der Waals surface area contributed by atoms with Gasteiger partial charge in [0.05, 0.1) is 7.11 Å². The first kappa shape index (κ1) is 15.4. The van der Waals surface area contributed by atoms with Crippen LogP contribution in [0.3, 0.4) is 0 Å². The molecule has 0 saturated carbocycles. The molecule has 0 bridgehead atoms. The molecule has 0 aliphatic rings. The van der Waals surface area contributed by atoms with Gasteiger partial charge in [-0.05, 0) is 48.4 Å². The third kappa shape index (κ3) is 4.51. The third-order valence-electron chi connectivity index (χ3n) is 3.06. The normalized spacial score (nSPS) is 10.6. The zero-order valence-corrected chi connectivity index (χ0v) is 13.7. The molecule has 106 valence electrons. The molecule has 0 amide bonds. The van der Waals surface area contributed by atoms with Crippen molar-refractivity contribution in [2.75, 3.05) is 13.7 Å². The second-order valence-electron chi connectivity index (χ2n) is 4.51. The molecular weight excluding hydrogens is 338 g/mol. The lowest BCUT2D eigenvalue weighted by atomic mass is 10.1. The summed E-state index contributed by atoms with van der Waals surface area (Å²) in [5, 5.41) is 4.19. The second-order valence-corrected chi connectivity index (χ2v) is 5.84. The Hall–Kier alpha value is -1.03. The molecule has 1 N–H and O–H groups in total. The Morgan fingerprint density at radius 1 is 1.20 bits per heavy atom. The zero-order chi connectivity index (χ0) is 14.4. The minimum Gasteiger partial charge on any atom is -0.497 e. The molecule has 0 spiro atoms. The average molecular weight is 355 g/mol. The SMILES string of the molecule is COc1cccc(CCNCc2ccc(Br)cc2Cl)c1. The molecule has 20 heavy (non-hydrogen) atoms. The molecule has 0 fully saturated rings. The Balaban J connectivity index is 1.81. The van der Waals surface area contributed by atoms with E-state index in [1.165, 1.54) is 5.56 Å². The van der Waals surface area contributed by atoms with Crippen LogP contribution < -0.4 is 10.1 Å². The van der Waals surface area contributed by atoms with Gasteiger partial charge in [0.15, 0.2) is 0 Å². The van der Waals surface area contributed by atoms with Crippen molar-refractivity contribution in [3.8, 4) is 5.75 Å². The third-order valence-corrected chi connectivity index (χ3v) is 3.90. The lowest BCUT2D eigenvalue weighted by Crippen LogP contribution is -2.16. The van der Waals surface area contributed by atoms with E-state index in [0.717, 1.165) is 40.3 Å². The minimum atomic E-state index is 0.774. The first-order valence-electron chi connectivity index (χ1n) is 6.46. The van der Waals surface area contributed by atoms with Gasteiger partial charge < -0.3 is 10.1 Å². The molecule has 2 aromatic carbocycles. The Labute approximate surface area is 133 Å². The molecule has 0 unspecified atom stereocenters. The van der Waals surface area contributed by atoms with E-state index in [2.05, 4.69) is 33.4 Å². The van der Waals surface area contributed by atoms with Crippen LogP contribution in [-0.4, -0.2) is 13.7 Å². The van der Waals surface area contributed by atoms with Crippen molar-refractivity contribution in [3.63, 3.8) is 0 Å². The standard InChI is InChI=1S/C16H17BrClNO/c1-20-15-4-2-3-12(9-15)7-8-19-11-13-5-6-14(17)10-16(13)18/h2-6,9-10,19H,7-8,11H2,1H3. The van der Waals surface area contributed by atoms with Crippen molar-refractivity contribution in [1.29, 1.82) is 0 Å². The molecule has 2 aromatic rings. The molecule has 0 radical (unpaired) electrons. The minimum absolute atomic E-state index is 0.774. The number of hydrogen-bond acceptors (Lipinski definition) is 2. The number of hydrogen-bond donors (Lipinski definition) is 1. The summed E-state index contributed by atoms with van der Waals surface area (Å²) in [6.07, 6.45) is 0.964. The molecular formula is C16H17BrClNO. The summed E-state index contributed by atoms with van der Waals surface area (Å²) >= 11 is 9.58. The van der Waals surface area contributed by atoms with Crippen LogP contribution in [-0.2, 0) is 13.0 Å². The fourth-order valence-corrected chi connectivity index (χ4v) is 2.69. The first-order chi connectivity index (χ1) is 9.69. The quantitative estimate of drug-likeness (QED) is 0.774.